The number of nitrogens with zero attached hydrogens (tertiary/aromatic N) is 1. The van der Waals surface area contributed by atoms with E-state index in [-0.39, 0.29) is 6.03 Å². The minimum Gasteiger partial charge on any atom is -0.371 e. The summed E-state index contributed by atoms with van der Waals surface area (Å²) in [6.07, 6.45) is 7.16. The highest BCUT2D eigenvalue weighted by atomic mass is 35.5. The highest BCUT2D eigenvalue weighted by molar-refractivity contribution is 6.30. The lowest BCUT2D eigenvalue weighted by atomic mass is 9.96. The average Bonchev–Trinajstić information content (AvgIpc) is 3.04. The van der Waals surface area contributed by atoms with Gasteiger partial charge in [0.15, 0.2) is 0 Å². The maximum absolute atomic E-state index is 12.0. The molecule has 1 atom stereocenters. The van der Waals surface area contributed by atoms with Gasteiger partial charge in [-0.05, 0) is 49.4 Å². The molecule has 126 valence electrons. The Bertz CT molecular complexity index is 514. The molecular formula is C18H26ClN3O. The second-order valence-corrected chi connectivity index (χ2v) is 7.20. The average molecular weight is 336 g/mol. The van der Waals surface area contributed by atoms with Gasteiger partial charge in [0.25, 0.3) is 0 Å². The van der Waals surface area contributed by atoms with Crippen LogP contribution in [0.25, 0.3) is 0 Å². The summed E-state index contributed by atoms with van der Waals surface area (Å²) in [6.45, 7) is 2.78. The Hall–Kier alpha value is -1.42. The largest absolute Gasteiger partial charge is 0.371 e. The first-order chi connectivity index (χ1) is 11.2. The highest BCUT2D eigenvalue weighted by Gasteiger charge is 2.23. The van der Waals surface area contributed by atoms with Gasteiger partial charge in [0.2, 0.25) is 0 Å². The zero-order valence-electron chi connectivity index (χ0n) is 13.6. The van der Waals surface area contributed by atoms with Crippen LogP contribution in [-0.4, -0.2) is 31.7 Å². The molecule has 0 radical (unpaired) electrons. The Balaban J connectivity index is 1.39. The predicted molar refractivity (Wildman–Crippen MR) is 95.2 cm³/mol. The van der Waals surface area contributed by atoms with E-state index in [9.17, 15) is 4.79 Å². The summed E-state index contributed by atoms with van der Waals surface area (Å²) in [7, 11) is 0. The van der Waals surface area contributed by atoms with E-state index in [0.29, 0.717) is 12.0 Å². The molecule has 0 spiro atoms. The van der Waals surface area contributed by atoms with Crippen LogP contribution in [0.5, 0.6) is 0 Å². The Morgan fingerprint density at radius 2 is 1.87 bits per heavy atom. The molecule has 0 bridgehead atoms. The zero-order chi connectivity index (χ0) is 16.1. The number of urea groups is 1. The summed E-state index contributed by atoms with van der Waals surface area (Å²) < 4.78 is 0. The molecule has 3 rings (SSSR count). The summed E-state index contributed by atoms with van der Waals surface area (Å²) in [6, 6.07) is 8.36. The lowest BCUT2D eigenvalue weighted by molar-refractivity contribution is 0.231. The molecule has 1 unspecified atom stereocenters. The lowest BCUT2D eigenvalue weighted by Crippen LogP contribution is -2.44. The molecule has 1 aromatic rings. The number of anilines is 1. The van der Waals surface area contributed by atoms with E-state index in [1.165, 1.54) is 24.9 Å². The standard InChI is InChI=1S/C18H26ClN3O/c19-15-6-8-17(9-7-15)22-11-10-14(13-22)12-20-18(23)21-16-4-2-1-3-5-16/h6-9,14,16H,1-5,10-13H2,(H2,20,21,23). The fraction of sp³-hybridized carbons (Fsp3) is 0.611. The fourth-order valence-electron chi connectivity index (χ4n) is 3.61. The second kappa shape index (κ2) is 7.91. The van der Waals surface area contributed by atoms with Crippen molar-refractivity contribution in [3.8, 4) is 0 Å². The van der Waals surface area contributed by atoms with Crippen molar-refractivity contribution in [1.29, 1.82) is 0 Å². The van der Waals surface area contributed by atoms with E-state index in [2.05, 4.69) is 27.7 Å². The van der Waals surface area contributed by atoms with Gasteiger partial charge in [0, 0.05) is 36.4 Å². The molecule has 2 N–H and O–H groups in total. The van der Waals surface area contributed by atoms with Crippen molar-refractivity contribution in [3.05, 3.63) is 29.3 Å². The minimum absolute atomic E-state index is 0.00171. The maximum atomic E-state index is 12.0. The SMILES string of the molecule is O=C(NCC1CCN(c2ccc(Cl)cc2)C1)NC1CCCCC1. The number of amides is 2. The first-order valence-electron chi connectivity index (χ1n) is 8.75. The number of halogens is 1. The number of hydrogen-bond acceptors (Lipinski definition) is 2. The van der Waals surface area contributed by atoms with Gasteiger partial charge >= 0.3 is 6.03 Å². The van der Waals surface area contributed by atoms with Crippen LogP contribution in [-0.2, 0) is 0 Å². The molecule has 2 amide bonds. The van der Waals surface area contributed by atoms with Crippen molar-refractivity contribution in [1.82, 2.24) is 10.6 Å². The first kappa shape index (κ1) is 16.4. The van der Waals surface area contributed by atoms with Crippen molar-refractivity contribution in [2.75, 3.05) is 24.5 Å². The first-order valence-corrected chi connectivity index (χ1v) is 9.13. The summed E-state index contributed by atoms with van der Waals surface area (Å²) in [4.78, 5) is 14.4. The number of benzene rings is 1. The summed E-state index contributed by atoms with van der Waals surface area (Å²) in [5, 5.41) is 6.94. The van der Waals surface area contributed by atoms with E-state index in [1.807, 2.05) is 12.1 Å². The molecule has 2 aliphatic rings. The van der Waals surface area contributed by atoms with Crippen LogP contribution in [0.3, 0.4) is 0 Å². The van der Waals surface area contributed by atoms with Crippen molar-refractivity contribution in [2.24, 2.45) is 5.92 Å². The van der Waals surface area contributed by atoms with E-state index in [0.717, 1.165) is 43.9 Å². The van der Waals surface area contributed by atoms with E-state index in [1.54, 1.807) is 0 Å². The molecule has 1 saturated heterocycles. The quantitative estimate of drug-likeness (QED) is 0.879. The van der Waals surface area contributed by atoms with Crippen LogP contribution in [0.1, 0.15) is 38.5 Å². The smallest absolute Gasteiger partial charge is 0.315 e. The Kier molecular flexibility index (Phi) is 5.65. The van der Waals surface area contributed by atoms with Gasteiger partial charge in [-0.25, -0.2) is 4.79 Å². The third-order valence-electron chi connectivity index (χ3n) is 4.97. The van der Waals surface area contributed by atoms with Gasteiger partial charge in [-0.3, -0.25) is 0 Å². The molecule has 1 aromatic carbocycles. The Morgan fingerprint density at radius 1 is 1.13 bits per heavy atom. The van der Waals surface area contributed by atoms with E-state index >= 15 is 0 Å². The minimum atomic E-state index is 0.00171. The predicted octanol–water partition coefficient (Wildman–Crippen LogP) is 3.80. The molecule has 4 nitrogen and oxygen atoms in total. The van der Waals surface area contributed by atoms with Crippen LogP contribution >= 0.6 is 11.6 Å². The molecule has 1 aliphatic heterocycles. The van der Waals surface area contributed by atoms with Gasteiger partial charge in [-0.15, -0.1) is 0 Å². The van der Waals surface area contributed by atoms with Crippen molar-refractivity contribution in [2.45, 2.75) is 44.6 Å². The normalized spacial score (nSPS) is 22.1. The fourth-order valence-corrected chi connectivity index (χ4v) is 3.73. The van der Waals surface area contributed by atoms with Crippen LogP contribution in [0.15, 0.2) is 24.3 Å². The zero-order valence-corrected chi connectivity index (χ0v) is 14.3. The molecule has 1 heterocycles. The summed E-state index contributed by atoms with van der Waals surface area (Å²) >= 11 is 5.94. The van der Waals surface area contributed by atoms with Crippen molar-refractivity contribution >= 4 is 23.3 Å². The summed E-state index contributed by atoms with van der Waals surface area (Å²) in [5.74, 6) is 0.516. The molecule has 1 saturated carbocycles. The number of nitrogens with one attached hydrogen (secondary N) is 2. The topological polar surface area (TPSA) is 44.4 Å². The number of rotatable bonds is 4. The number of carbonyl (C=O) groups excluding carboxylic acids is 1. The van der Waals surface area contributed by atoms with E-state index in [4.69, 9.17) is 11.6 Å². The monoisotopic (exact) mass is 335 g/mol. The molecule has 5 heteroatoms. The number of hydrogen-bond donors (Lipinski definition) is 2. The third-order valence-corrected chi connectivity index (χ3v) is 5.22. The van der Waals surface area contributed by atoms with Crippen molar-refractivity contribution in [3.63, 3.8) is 0 Å². The van der Waals surface area contributed by atoms with Crippen LogP contribution in [0.4, 0.5) is 10.5 Å². The van der Waals surface area contributed by atoms with Crippen LogP contribution in [0, 0.1) is 5.92 Å². The third kappa shape index (κ3) is 4.77. The highest BCUT2D eigenvalue weighted by Crippen LogP contribution is 2.24. The van der Waals surface area contributed by atoms with Crippen LogP contribution < -0.4 is 15.5 Å². The van der Waals surface area contributed by atoms with Gasteiger partial charge in [-0.1, -0.05) is 30.9 Å². The molecule has 2 fully saturated rings. The molecular weight excluding hydrogens is 310 g/mol. The molecule has 1 aliphatic carbocycles. The molecule has 0 aromatic heterocycles. The molecule has 23 heavy (non-hydrogen) atoms. The van der Waals surface area contributed by atoms with Crippen LogP contribution in [0.2, 0.25) is 5.02 Å². The maximum Gasteiger partial charge on any atom is 0.315 e. The van der Waals surface area contributed by atoms with Gasteiger partial charge < -0.3 is 15.5 Å². The number of carbonyl (C=O) groups is 1. The lowest BCUT2D eigenvalue weighted by Gasteiger charge is -2.23. The Morgan fingerprint density at radius 3 is 2.61 bits per heavy atom. The second-order valence-electron chi connectivity index (χ2n) is 6.77. The van der Waals surface area contributed by atoms with Gasteiger partial charge in [0.1, 0.15) is 0 Å². The van der Waals surface area contributed by atoms with Crippen molar-refractivity contribution < 1.29 is 4.79 Å². The van der Waals surface area contributed by atoms with Gasteiger partial charge in [-0.2, -0.15) is 0 Å². The summed E-state index contributed by atoms with van der Waals surface area (Å²) in [5.41, 5.74) is 1.21. The Labute approximate surface area is 143 Å². The van der Waals surface area contributed by atoms with E-state index < -0.39 is 0 Å². The van der Waals surface area contributed by atoms with Gasteiger partial charge in [0.05, 0.1) is 0 Å².